The van der Waals surface area contributed by atoms with Gasteiger partial charge in [-0.15, -0.1) is 0 Å². The molecule has 0 bridgehead atoms. The molecule has 0 atom stereocenters. The van der Waals surface area contributed by atoms with Crippen molar-refractivity contribution in [3.63, 3.8) is 0 Å². The van der Waals surface area contributed by atoms with E-state index < -0.39 is 7.26 Å². The summed E-state index contributed by atoms with van der Waals surface area (Å²) in [6.45, 7) is 9.77. The van der Waals surface area contributed by atoms with Crippen LogP contribution in [-0.2, 0) is 31.0 Å². The Labute approximate surface area is 178 Å². The molecular formula is C23H37ClPPd+. The molecule has 0 amide bonds. The number of benzene rings is 1. The van der Waals surface area contributed by atoms with E-state index in [0.29, 0.717) is 0 Å². The maximum atomic E-state index is 5.15. The average molecular weight is 486 g/mol. The van der Waals surface area contributed by atoms with Crippen LogP contribution in [0.4, 0.5) is 0 Å². The van der Waals surface area contributed by atoms with Crippen LogP contribution < -0.4 is 5.30 Å². The van der Waals surface area contributed by atoms with Crippen molar-refractivity contribution in [1.82, 2.24) is 0 Å². The van der Waals surface area contributed by atoms with Gasteiger partial charge in [0, 0.05) is 11.3 Å². The fourth-order valence-electron chi connectivity index (χ4n) is 5.19. The molecule has 0 N–H and O–H groups in total. The van der Waals surface area contributed by atoms with Crippen molar-refractivity contribution < 1.29 is 18.2 Å². The van der Waals surface area contributed by atoms with E-state index in [1.807, 2.05) is 0 Å². The molecule has 2 aliphatic rings. The minimum absolute atomic E-state index is 0.908. The summed E-state index contributed by atoms with van der Waals surface area (Å²) in [5, 5.41) is 1.69. The van der Waals surface area contributed by atoms with Crippen LogP contribution >= 0.6 is 16.8 Å². The summed E-state index contributed by atoms with van der Waals surface area (Å²) in [5.41, 5.74) is 4.91. The fourth-order valence-corrected chi connectivity index (χ4v) is 10.0. The van der Waals surface area contributed by atoms with Crippen LogP contribution in [0, 0.1) is 6.66 Å². The zero-order valence-electron chi connectivity index (χ0n) is 16.7. The molecule has 0 nitrogen and oxygen atoms in total. The molecule has 0 spiro atoms. The molecule has 1 aromatic rings. The van der Waals surface area contributed by atoms with Crippen molar-refractivity contribution in [1.29, 1.82) is 0 Å². The molecule has 3 heteroatoms. The Morgan fingerprint density at radius 3 is 1.54 bits per heavy atom. The summed E-state index contributed by atoms with van der Waals surface area (Å²) in [4.78, 5) is 0. The Hall–Kier alpha value is 0.602. The second-order valence-electron chi connectivity index (χ2n) is 8.23. The van der Waals surface area contributed by atoms with Gasteiger partial charge in [0.15, 0.2) is 0 Å². The van der Waals surface area contributed by atoms with Crippen LogP contribution in [0.3, 0.4) is 0 Å². The molecule has 0 saturated heterocycles. The summed E-state index contributed by atoms with van der Waals surface area (Å²) in [6.07, 6.45) is 16.8. The zero-order valence-corrected chi connectivity index (χ0v) is 19.9. The van der Waals surface area contributed by atoms with Crippen LogP contribution in [0.2, 0.25) is 0 Å². The van der Waals surface area contributed by atoms with Crippen molar-refractivity contribution in [3.8, 4) is 0 Å². The number of hydrogen-bond acceptors (Lipinski definition) is 0. The second-order valence-corrected chi connectivity index (χ2v) is 12.1. The van der Waals surface area contributed by atoms with Gasteiger partial charge < -0.3 is 0 Å². The van der Waals surface area contributed by atoms with E-state index in [9.17, 15) is 0 Å². The van der Waals surface area contributed by atoms with Crippen molar-refractivity contribution in [2.45, 2.75) is 102 Å². The van der Waals surface area contributed by atoms with E-state index in [-0.39, 0.29) is 0 Å². The first kappa shape index (κ1) is 22.9. The predicted octanol–water partition coefficient (Wildman–Crippen LogP) is 7.60. The molecule has 150 valence electrons. The standard InChI is InChI=1S/C23H37P.ClH.Pd/c1-4-19-16-20(5-2)18-23(17-19)24(3,21-12-8-6-9-13-21)22-14-10-7-11-15-22;;/h16-18,21-22H,3-15H2,1-2H3;1H;/q;;+2/p-1. The average Bonchev–Trinajstić information content (AvgIpc) is 2.75. The van der Waals surface area contributed by atoms with Gasteiger partial charge >= 0.3 is 27.7 Å². The molecule has 0 aromatic heterocycles. The number of aryl methyl sites for hydroxylation is 2. The molecule has 0 unspecified atom stereocenters. The van der Waals surface area contributed by atoms with Gasteiger partial charge in [0.05, 0.1) is 5.30 Å². The van der Waals surface area contributed by atoms with Gasteiger partial charge in [-0.3, -0.25) is 0 Å². The van der Waals surface area contributed by atoms with Crippen LogP contribution in [0.15, 0.2) is 18.2 Å². The quantitative estimate of drug-likeness (QED) is 0.228. The minimum atomic E-state index is -1.30. The van der Waals surface area contributed by atoms with Gasteiger partial charge in [-0.05, 0) is 87.5 Å². The Balaban J connectivity index is 0.00000117. The molecule has 3 rings (SSSR count). The third kappa shape index (κ3) is 5.35. The second kappa shape index (κ2) is 11.6. The fraction of sp³-hybridized carbons (Fsp3) is 0.696. The number of rotatable bonds is 5. The number of hydrogen-bond donors (Lipinski definition) is 0. The van der Waals surface area contributed by atoms with Gasteiger partial charge in [0.1, 0.15) is 0 Å². The van der Waals surface area contributed by atoms with E-state index in [2.05, 4.69) is 59.8 Å². The normalized spacial score (nSPS) is 19.8. The first-order chi connectivity index (χ1) is 12.7. The third-order valence-corrected chi connectivity index (χ3v) is 11.6. The van der Waals surface area contributed by atoms with Crippen LogP contribution in [-0.4, -0.2) is 11.3 Å². The van der Waals surface area contributed by atoms with E-state index in [1.54, 1.807) is 16.4 Å². The summed E-state index contributed by atoms with van der Waals surface area (Å²) >= 11 is 2.22. The molecule has 2 aliphatic carbocycles. The van der Waals surface area contributed by atoms with E-state index in [0.717, 1.165) is 24.2 Å². The molecule has 0 aliphatic heterocycles. The zero-order chi connectivity index (χ0) is 19.0. The van der Waals surface area contributed by atoms with Gasteiger partial charge in [-0.25, -0.2) is 0 Å². The van der Waals surface area contributed by atoms with Gasteiger partial charge in [0.2, 0.25) is 0 Å². The molecule has 1 aromatic carbocycles. The van der Waals surface area contributed by atoms with Gasteiger partial charge in [-0.1, -0.05) is 40.0 Å². The van der Waals surface area contributed by atoms with E-state index >= 15 is 0 Å². The van der Waals surface area contributed by atoms with E-state index in [1.165, 1.54) is 64.2 Å². The monoisotopic (exact) mass is 485 g/mol. The molecule has 0 radical (unpaired) electrons. The van der Waals surface area contributed by atoms with Crippen LogP contribution in [0.25, 0.3) is 0 Å². The Kier molecular flexibility index (Phi) is 10.2. The molecular weight excluding hydrogens is 449 g/mol. The maximum absolute atomic E-state index is 5.15. The predicted molar refractivity (Wildman–Crippen MR) is 117 cm³/mol. The van der Waals surface area contributed by atoms with Crippen molar-refractivity contribution in [3.05, 3.63) is 36.0 Å². The van der Waals surface area contributed by atoms with Crippen LogP contribution in [0.1, 0.15) is 89.2 Å². The topological polar surface area (TPSA) is 0 Å². The van der Waals surface area contributed by atoms with Crippen molar-refractivity contribution in [2.75, 3.05) is 0 Å². The van der Waals surface area contributed by atoms with Crippen molar-refractivity contribution in [2.24, 2.45) is 0 Å². The first-order valence-electron chi connectivity index (χ1n) is 10.7. The van der Waals surface area contributed by atoms with Gasteiger partial charge in [0.25, 0.3) is 0 Å². The van der Waals surface area contributed by atoms with Crippen molar-refractivity contribution >= 4 is 22.1 Å². The first-order valence-corrected chi connectivity index (χ1v) is 14.8. The Morgan fingerprint density at radius 1 is 0.808 bits per heavy atom. The van der Waals surface area contributed by atoms with Gasteiger partial charge in [-0.2, -0.15) is 6.66 Å². The van der Waals surface area contributed by atoms with Crippen LogP contribution in [0.5, 0.6) is 0 Å². The molecule has 2 saturated carbocycles. The SMILES string of the molecule is [CH2-][P+](c1cc(CC)cc(CC)c1)(C1CCCCC1)C1CCCCC1.[Cl][Pd+]. The molecule has 0 heterocycles. The summed E-state index contributed by atoms with van der Waals surface area (Å²) in [5.74, 6) is 0. The molecule has 26 heavy (non-hydrogen) atoms. The number of halogens is 1. The summed E-state index contributed by atoms with van der Waals surface area (Å²) < 4.78 is 0. The Morgan fingerprint density at radius 2 is 1.19 bits per heavy atom. The third-order valence-electron chi connectivity index (χ3n) is 6.79. The summed E-state index contributed by atoms with van der Waals surface area (Å²) in [7, 11) is 3.19. The Bertz CT molecular complexity index is 493. The van der Waals surface area contributed by atoms with E-state index in [4.69, 9.17) is 6.66 Å². The molecule has 2 fully saturated rings. The summed E-state index contributed by atoms with van der Waals surface area (Å²) in [6, 6.07) is 7.59.